The van der Waals surface area contributed by atoms with E-state index in [9.17, 15) is 8.78 Å². The van der Waals surface area contributed by atoms with E-state index >= 15 is 0 Å². The fraction of sp³-hybridized carbons (Fsp3) is 0.0667. The molecule has 0 saturated carbocycles. The van der Waals surface area contributed by atoms with Gasteiger partial charge in [-0.2, -0.15) is 5.26 Å². The summed E-state index contributed by atoms with van der Waals surface area (Å²) in [7, 11) is 0. The van der Waals surface area contributed by atoms with Gasteiger partial charge in [-0.1, -0.05) is 35.5 Å². The van der Waals surface area contributed by atoms with Crippen LogP contribution in [-0.4, -0.2) is 6.21 Å². The van der Waals surface area contributed by atoms with Gasteiger partial charge in [0.1, 0.15) is 12.8 Å². The second kappa shape index (κ2) is 6.43. The SMILES string of the molecule is N#Cc1ccccc1/[C]=N\OCc1cccc(F)c1F. The number of hydrogen-bond donors (Lipinski definition) is 0. The molecule has 0 bridgehead atoms. The molecular formula is C15H9F2N2O. The van der Waals surface area contributed by atoms with Crippen LogP contribution in [0.3, 0.4) is 0 Å². The third-order valence-corrected chi connectivity index (χ3v) is 2.53. The van der Waals surface area contributed by atoms with Gasteiger partial charge >= 0.3 is 0 Å². The van der Waals surface area contributed by atoms with Crippen molar-refractivity contribution in [2.45, 2.75) is 6.61 Å². The van der Waals surface area contributed by atoms with Crippen LogP contribution < -0.4 is 0 Å². The normalized spacial score (nSPS) is 10.4. The van der Waals surface area contributed by atoms with Crippen LogP contribution in [0, 0.1) is 23.0 Å². The summed E-state index contributed by atoms with van der Waals surface area (Å²) in [5, 5.41) is 12.4. The van der Waals surface area contributed by atoms with E-state index in [1.165, 1.54) is 12.1 Å². The molecule has 0 aromatic heterocycles. The zero-order chi connectivity index (χ0) is 14.4. The Kier molecular flexibility index (Phi) is 4.40. The van der Waals surface area contributed by atoms with Gasteiger partial charge < -0.3 is 4.84 Å². The Morgan fingerprint density at radius 3 is 2.55 bits per heavy atom. The molecule has 0 spiro atoms. The Labute approximate surface area is 114 Å². The van der Waals surface area contributed by atoms with Gasteiger partial charge in [0.15, 0.2) is 11.6 Å². The Morgan fingerprint density at radius 2 is 1.80 bits per heavy atom. The second-order valence-corrected chi connectivity index (χ2v) is 3.85. The van der Waals surface area contributed by atoms with Crippen molar-refractivity contribution in [3.05, 3.63) is 70.8 Å². The average Bonchev–Trinajstić information content (AvgIpc) is 2.48. The quantitative estimate of drug-likeness (QED) is 0.633. The van der Waals surface area contributed by atoms with Gasteiger partial charge in [-0.15, -0.1) is 0 Å². The van der Waals surface area contributed by atoms with E-state index in [1.54, 1.807) is 24.3 Å². The van der Waals surface area contributed by atoms with Crippen LogP contribution in [0.25, 0.3) is 0 Å². The lowest BCUT2D eigenvalue weighted by Gasteiger charge is -2.02. The maximum atomic E-state index is 13.3. The van der Waals surface area contributed by atoms with Crippen molar-refractivity contribution < 1.29 is 13.6 Å². The minimum Gasteiger partial charge on any atom is -0.390 e. The molecule has 0 amide bonds. The van der Waals surface area contributed by atoms with Crippen molar-refractivity contribution in [2.24, 2.45) is 5.16 Å². The van der Waals surface area contributed by atoms with E-state index < -0.39 is 11.6 Å². The van der Waals surface area contributed by atoms with Crippen molar-refractivity contribution in [2.75, 3.05) is 0 Å². The topological polar surface area (TPSA) is 45.4 Å². The van der Waals surface area contributed by atoms with Gasteiger partial charge in [-0.25, -0.2) is 8.78 Å². The summed E-state index contributed by atoms with van der Waals surface area (Å²) in [6.07, 6.45) is 2.53. The standard InChI is InChI=1S/C15H9F2N2O/c16-14-7-3-6-13(15(14)17)10-20-19-9-12-5-2-1-4-11(12)8-18/h1-7H,10H2. The summed E-state index contributed by atoms with van der Waals surface area (Å²) in [6, 6.07) is 12.5. The monoisotopic (exact) mass is 271 g/mol. The first-order valence-corrected chi connectivity index (χ1v) is 5.72. The predicted molar refractivity (Wildman–Crippen MR) is 68.8 cm³/mol. The van der Waals surface area contributed by atoms with E-state index in [1.807, 2.05) is 6.07 Å². The molecule has 1 radical (unpaired) electrons. The van der Waals surface area contributed by atoms with Crippen LogP contribution in [0.5, 0.6) is 0 Å². The molecule has 0 atom stereocenters. The van der Waals surface area contributed by atoms with Crippen molar-refractivity contribution in [1.82, 2.24) is 0 Å². The van der Waals surface area contributed by atoms with Gasteiger partial charge in [0.2, 0.25) is 0 Å². The van der Waals surface area contributed by atoms with Crippen LogP contribution in [0.15, 0.2) is 47.6 Å². The highest BCUT2D eigenvalue weighted by atomic mass is 19.2. The number of nitriles is 1. The predicted octanol–water partition coefficient (Wildman–Crippen LogP) is 3.26. The van der Waals surface area contributed by atoms with E-state index in [4.69, 9.17) is 10.1 Å². The van der Waals surface area contributed by atoms with Crippen molar-refractivity contribution in [1.29, 1.82) is 5.26 Å². The average molecular weight is 271 g/mol. The maximum Gasteiger partial charge on any atom is 0.165 e. The molecular weight excluding hydrogens is 262 g/mol. The van der Waals surface area contributed by atoms with Gasteiger partial charge in [0.05, 0.1) is 11.6 Å². The molecule has 0 fully saturated rings. The Hall–Kier alpha value is -2.74. The van der Waals surface area contributed by atoms with Crippen molar-refractivity contribution in [3.8, 4) is 6.07 Å². The Balaban J connectivity index is 2.01. The molecule has 0 aliphatic carbocycles. The lowest BCUT2D eigenvalue weighted by atomic mass is 10.1. The smallest absolute Gasteiger partial charge is 0.165 e. The third kappa shape index (κ3) is 3.18. The minimum atomic E-state index is -0.958. The molecule has 5 heteroatoms. The van der Waals surface area contributed by atoms with E-state index in [0.29, 0.717) is 11.1 Å². The number of benzene rings is 2. The fourth-order valence-corrected chi connectivity index (χ4v) is 1.52. The summed E-state index contributed by atoms with van der Waals surface area (Å²) in [5.41, 5.74) is 0.926. The molecule has 0 aliphatic heterocycles. The third-order valence-electron chi connectivity index (χ3n) is 2.53. The van der Waals surface area contributed by atoms with Gasteiger partial charge in [-0.05, 0) is 12.1 Å². The van der Waals surface area contributed by atoms with Gasteiger partial charge in [0, 0.05) is 11.1 Å². The number of nitrogens with zero attached hydrogens (tertiary/aromatic N) is 2. The second-order valence-electron chi connectivity index (χ2n) is 3.85. The molecule has 0 saturated heterocycles. The number of rotatable bonds is 4. The van der Waals surface area contributed by atoms with Gasteiger partial charge in [-0.3, -0.25) is 0 Å². The van der Waals surface area contributed by atoms with Crippen LogP contribution in [-0.2, 0) is 11.4 Å². The van der Waals surface area contributed by atoms with E-state index in [0.717, 1.165) is 6.07 Å². The summed E-state index contributed by atoms with van der Waals surface area (Å²) in [4.78, 5) is 4.86. The molecule has 0 aliphatic rings. The largest absolute Gasteiger partial charge is 0.390 e. The Morgan fingerprint density at radius 1 is 1.05 bits per heavy atom. The lowest BCUT2D eigenvalue weighted by Crippen LogP contribution is -1.96. The highest BCUT2D eigenvalue weighted by Crippen LogP contribution is 2.12. The van der Waals surface area contributed by atoms with E-state index in [2.05, 4.69) is 11.4 Å². The first-order chi connectivity index (χ1) is 9.72. The molecule has 0 unspecified atom stereocenters. The van der Waals surface area contributed by atoms with Crippen molar-refractivity contribution >= 4 is 6.21 Å². The highest BCUT2D eigenvalue weighted by Gasteiger charge is 2.07. The molecule has 99 valence electrons. The first-order valence-electron chi connectivity index (χ1n) is 5.72. The molecule has 3 nitrogen and oxygen atoms in total. The number of halogens is 2. The molecule has 20 heavy (non-hydrogen) atoms. The molecule has 2 rings (SSSR count). The highest BCUT2D eigenvalue weighted by molar-refractivity contribution is 5.82. The summed E-state index contributed by atoms with van der Waals surface area (Å²) < 4.78 is 26.2. The molecule has 0 heterocycles. The minimum absolute atomic E-state index is 0.0594. The molecule has 2 aromatic carbocycles. The summed E-state index contributed by atoms with van der Waals surface area (Å²) in [5.74, 6) is -1.89. The van der Waals surface area contributed by atoms with Crippen LogP contribution in [0.2, 0.25) is 0 Å². The van der Waals surface area contributed by atoms with Crippen LogP contribution in [0.1, 0.15) is 16.7 Å². The number of hydrogen-bond acceptors (Lipinski definition) is 3. The van der Waals surface area contributed by atoms with Crippen molar-refractivity contribution in [3.63, 3.8) is 0 Å². The first kappa shape index (κ1) is 13.7. The zero-order valence-corrected chi connectivity index (χ0v) is 10.3. The van der Waals surface area contributed by atoms with Crippen LogP contribution in [0.4, 0.5) is 8.78 Å². The fourth-order valence-electron chi connectivity index (χ4n) is 1.52. The summed E-state index contributed by atoms with van der Waals surface area (Å²) in [6.45, 7) is -0.217. The molecule has 0 N–H and O–H groups in total. The Bertz CT molecular complexity index is 678. The lowest BCUT2D eigenvalue weighted by molar-refractivity contribution is 0.129. The molecule has 2 aromatic rings. The maximum absolute atomic E-state index is 13.3. The van der Waals surface area contributed by atoms with Gasteiger partial charge in [0.25, 0.3) is 0 Å². The van der Waals surface area contributed by atoms with E-state index in [-0.39, 0.29) is 12.2 Å². The van der Waals surface area contributed by atoms with Crippen LogP contribution >= 0.6 is 0 Å². The summed E-state index contributed by atoms with van der Waals surface area (Å²) >= 11 is 0. The zero-order valence-electron chi connectivity index (χ0n) is 10.3.